The molecule has 2 aliphatic rings. The predicted molar refractivity (Wildman–Crippen MR) is 85.6 cm³/mol. The number of hydrogen-bond acceptors (Lipinski definition) is 2. The van der Waals surface area contributed by atoms with E-state index in [0.717, 1.165) is 30.4 Å². The van der Waals surface area contributed by atoms with Crippen LogP contribution in [0.15, 0.2) is 52.5 Å². The van der Waals surface area contributed by atoms with Crippen molar-refractivity contribution >= 4 is 9.84 Å². The summed E-state index contributed by atoms with van der Waals surface area (Å²) in [6, 6.07) is 7.08. The van der Waals surface area contributed by atoms with Crippen LogP contribution in [0.5, 0.6) is 0 Å². The fourth-order valence-corrected chi connectivity index (χ4v) is 5.18. The molecular weight excluding hydrogens is 294 g/mol. The SMILES string of the molecule is Cc1ccc(S(=O)(=O)c2[nH]cc3c2CC2C=CCC2C3)cc1. The van der Waals surface area contributed by atoms with Gasteiger partial charge in [-0.3, -0.25) is 0 Å². The number of aromatic nitrogens is 1. The molecule has 0 aliphatic heterocycles. The highest BCUT2D eigenvalue weighted by Gasteiger charge is 2.34. The Hall–Kier alpha value is -1.81. The van der Waals surface area contributed by atoms with Crippen LogP contribution in [0.3, 0.4) is 0 Å². The first kappa shape index (κ1) is 13.8. The number of rotatable bonds is 2. The highest BCUT2D eigenvalue weighted by atomic mass is 32.2. The molecule has 2 aromatic rings. The molecule has 0 saturated carbocycles. The molecule has 0 radical (unpaired) electrons. The zero-order valence-corrected chi connectivity index (χ0v) is 13.4. The molecule has 4 rings (SSSR count). The molecule has 1 aromatic carbocycles. The van der Waals surface area contributed by atoms with Gasteiger partial charge in [-0.15, -0.1) is 0 Å². The second-order valence-electron chi connectivity index (χ2n) is 6.43. The van der Waals surface area contributed by atoms with Gasteiger partial charge in [0.2, 0.25) is 9.84 Å². The molecule has 1 heterocycles. The molecule has 114 valence electrons. The quantitative estimate of drug-likeness (QED) is 0.863. The summed E-state index contributed by atoms with van der Waals surface area (Å²) in [7, 11) is -3.46. The van der Waals surface area contributed by atoms with Crippen molar-refractivity contribution in [1.29, 1.82) is 0 Å². The van der Waals surface area contributed by atoms with Gasteiger partial charge >= 0.3 is 0 Å². The number of aromatic amines is 1. The smallest absolute Gasteiger partial charge is 0.222 e. The van der Waals surface area contributed by atoms with Crippen LogP contribution in [0.2, 0.25) is 0 Å². The van der Waals surface area contributed by atoms with Crippen LogP contribution in [0.25, 0.3) is 0 Å². The highest BCUT2D eigenvalue weighted by molar-refractivity contribution is 7.91. The lowest BCUT2D eigenvalue weighted by Crippen LogP contribution is -2.21. The minimum atomic E-state index is -3.46. The van der Waals surface area contributed by atoms with Gasteiger partial charge in [-0.2, -0.15) is 0 Å². The summed E-state index contributed by atoms with van der Waals surface area (Å²) >= 11 is 0. The third-order valence-electron chi connectivity index (χ3n) is 4.99. The topological polar surface area (TPSA) is 49.9 Å². The molecular formula is C18H19NO2S. The monoisotopic (exact) mass is 313 g/mol. The second kappa shape index (κ2) is 4.85. The lowest BCUT2D eigenvalue weighted by Gasteiger charge is -2.25. The van der Waals surface area contributed by atoms with Gasteiger partial charge in [0.1, 0.15) is 5.03 Å². The number of sulfone groups is 1. The van der Waals surface area contributed by atoms with Crippen LogP contribution in [0.4, 0.5) is 0 Å². The van der Waals surface area contributed by atoms with Crippen molar-refractivity contribution in [3.05, 3.63) is 59.3 Å². The van der Waals surface area contributed by atoms with Crippen molar-refractivity contribution in [3.63, 3.8) is 0 Å². The summed E-state index contributed by atoms with van der Waals surface area (Å²) in [5, 5.41) is 0.394. The molecule has 2 aliphatic carbocycles. The first-order valence-electron chi connectivity index (χ1n) is 7.73. The van der Waals surface area contributed by atoms with E-state index in [1.807, 2.05) is 25.3 Å². The Bertz CT molecular complexity index is 844. The summed E-state index contributed by atoms with van der Waals surface area (Å²) in [6.45, 7) is 1.96. The Labute approximate surface area is 131 Å². The molecule has 0 fully saturated rings. The number of benzene rings is 1. The fourth-order valence-electron chi connectivity index (χ4n) is 3.70. The molecule has 0 saturated heterocycles. The van der Waals surface area contributed by atoms with Crippen molar-refractivity contribution in [2.45, 2.75) is 36.1 Å². The van der Waals surface area contributed by atoms with E-state index in [1.165, 1.54) is 5.56 Å². The molecule has 4 heteroatoms. The first-order valence-corrected chi connectivity index (χ1v) is 9.21. The molecule has 2 unspecified atom stereocenters. The van der Waals surface area contributed by atoms with E-state index < -0.39 is 9.84 Å². The van der Waals surface area contributed by atoms with Gasteiger partial charge in [0.05, 0.1) is 4.90 Å². The highest BCUT2D eigenvalue weighted by Crippen LogP contribution is 2.40. The van der Waals surface area contributed by atoms with Crippen LogP contribution in [-0.4, -0.2) is 13.4 Å². The second-order valence-corrected chi connectivity index (χ2v) is 8.32. The lowest BCUT2D eigenvalue weighted by atomic mass is 9.79. The van der Waals surface area contributed by atoms with E-state index in [2.05, 4.69) is 17.1 Å². The van der Waals surface area contributed by atoms with Gasteiger partial charge in [-0.1, -0.05) is 29.8 Å². The third kappa shape index (κ3) is 2.05. The van der Waals surface area contributed by atoms with Crippen molar-refractivity contribution in [2.24, 2.45) is 11.8 Å². The van der Waals surface area contributed by atoms with E-state index >= 15 is 0 Å². The zero-order chi connectivity index (χ0) is 15.3. The third-order valence-corrected chi connectivity index (χ3v) is 6.78. The molecule has 22 heavy (non-hydrogen) atoms. The van der Waals surface area contributed by atoms with E-state index in [-0.39, 0.29) is 0 Å². The Morgan fingerprint density at radius 2 is 1.91 bits per heavy atom. The maximum absolute atomic E-state index is 12.9. The molecule has 0 amide bonds. The van der Waals surface area contributed by atoms with E-state index in [9.17, 15) is 8.42 Å². The minimum absolute atomic E-state index is 0.367. The maximum atomic E-state index is 12.9. The lowest BCUT2D eigenvalue weighted by molar-refractivity contribution is 0.394. The molecule has 0 spiro atoms. The minimum Gasteiger partial charge on any atom is -0.352 e. The number of nitrogens with one attached hydrogen (secondary N) is 1. The standard InChI is InChI=1S/C18H19NO2S/c1-12-5-7-16(8-6-12)22(20,21)18-17-10-14-4-2-3-13(14)9-15(17)11-19-18/h2,4-8,11,13-14,19H,3,9-10H2,1H3. The molecule has 1 aromatic heterocycles. The molecule has 2 atom stereocenters. The Balaban J connectivity index is 1.78. The molecule has 0 bridgehead atoms. The van der Waals surface area contributed by atoms with E-state index in [4.69, 9.17) is 0 Å². The first-order chi connectivity index (χ1) is 10.6. The van der Waals surface area contributed by atoms with Gasteiger partial charge in [0, 0.05) is 6.20 Å². The average molecular weight is 313 g/mol. The van der Waals surface area contributed by atoms with E-state index in [1.54, 1.807) is 12.1 Å². The largest absolute Gasteiger partial charge is 0.352 e. The Morgan fingerprint density at radius 1 is 1.14 bits per heavy atom. The number of fused-ring (bicyclic) bond motifs is 2. The summed E-state index contributed by atoms with van der Waals surface area (Å²) in [4.78, 5) is 3.41. The summed E-state index contributed by atoms with van der Waals surface area (Å²) in [5.41, 5.74) is 3.23. The maximum Gasteiger partial charge on any atom is 0.222 e. The Morgan fingerprint density at radius 3 is 2.68 bits per heavy atom. The average Bonchev–Trinajstić information content (AvgIpc) is 3.10. The van der Waals surface area contributed by atoms with Gasteiger partial charge in [0.15, 0.2) is 0 Å². The summed E-state index contributed by atoms with van der Waals surface area (Å²) in [5.74, 6) is 1.15. The van der Waals surface area contributed by atoms with Crippen molar-refractivity contribution in [3.8, 4) is 0 Å². The van der Waals surface area contributed by atoms with Crippen LogP contribution >= 0.6 is 0 Å². The number of H-pyrrole nitrogens is 1. The van der Waals surface area contributed by atoms with Crippen LogP contribution in [0.1, 0.15) is 23.1 Å². The van der Waals surface area contributed by atoms with Crippen LogP contribution < -0.4 is 0 Å². The van der Waals surface area contributed by atoms with Crippen molar-refractivity contribution < 1.29 is 8.42 Å². The van der Waals surface area contributed by atoms with Gasteiger partial charge in [-0.05, 0) is 61.3 Å². The van der Waals surface area contributed by atoms with Crippen molar-refractivity contribution in [2.75, 3.05) is 0 Å². The number of allylic oxidation sites excluding steroid dienone is 2. The molecule has 1 N–H and O–H groups in total. The van der Waals surface area contributed by atoms with Crippen LogP contribution in [0, 0.1) is 18.8 Å². The van der Waals surface area contributed by atoms with Crippen molar-refractivity contribution in [1.82, 2.24) is 4.98 Å². The number of hydrogen-bond donors (Lipinski definition) is 1. The van der Waals surface area contributed by atoms with Gasteiger partial charge in [0.25, 0.3) is 0 Å². The Kier molecular flexibility index (Phi) is 3.05. The van der Waals surface area contributed by atoms with E-state index in [0.29, 0.717) is 21.8 Å². The zero-order valence-electron chi connectivity index (χ0n) is 12.5. The normalized spacial score (nSPS) is 23.3. The van der Waals surface area contributed by atoms with Gasteiger partial charge in [-0.25, -0.2) is 8.42 Å². The predicted octanol–water partition coefficient (Wildman–Crippen LogP) is 3.45. The van der Waals surface area contributed by atoms with Crippen LogP contribution in [-0.2, 0) is 22.7 Å². The summed E-state index contributed by atoms with van der Waals surface area (Å²) < 4.78 is 25.8. The fraction of sp³-hybridized carbons (Fsp3) is 0.333. The van der Waals surface area contributed by atoms with Gasteiger partial charge < -0.3 is 4.98 Å². The summed E-state index contributed by atoms with van der Waals surface area (Å²) in [6.07, 6.45) is 9.32. The molecule has 3 nitrogen and oxygen atoms in total. The number of aryl methyl sites for hydroxylation is 1.